The molecule has 0 spiro atoms. The van der Waals surface area contributed by atoms with Gasteiger partial charge in [0.15, 0.2) is 5.69 Å². The van der Waals surface area contributed by atoms with Crippen molar-refractivity contribution in [2.24, 2.45) is 5.92 Å². The van der Waals surface area contributed by atoms with Gasteiger partial charge in [0, 0.05) is 42.8 Å². The maximum Gasteiger partial charge on any atom is 0.333 e. The van der Waals surface area contributed by atoms with Crippen LogP contribution in [-0.4, -0.2) is 52.6 Å². The Morgan fingerprint density at radius 1 is 1.15 bits per heavy atom. The molecule has 254 valence electrons. The Hall–Kier alpha value is -4.78. The van der Waals surface area contributed by atoms with Gasteiger partial charge in [0.1, 0.15) is 18.0 Å². The molecule has 2 aliphatic rings. The van der Waals surface area contributed by atoms with Crippen molar-refractivity contribution in [1.29, 1.82) is 0 Å². The number of benzene rings is 1. The molecule has 12 nitrogen and oxygen atoms in total. The van der Waals surface area contributed by atoms with E-state index in [1.54, 1.807) is 18.2 Å². The maximum atomic E-state index is 12.8. The molecule has 3 N–H and O–H groups in total. The van der Waals surface area contributed by atoms with E-state index in [4.69, 9.17) is 16.3 Å². The minimum atomic E-state index is -0.704. The number of nitrogens with one attached hydrogen (secondary N) is 3. The number of aryl methyl sites for hydroxylation is 1. The summed E-state index contributed by atoms with van der Waals surface area (Å²) >= 11 is 5.61. The van der Waals surface area contributed by atoms with Crippen LogP contribution in [0, 0.1) is 18.7 Å². The van der Waals surface area contributed by atoms with E-state index in [1.165, 1.54) is 36.5 Å². The van der Waals surface area contributed by atoms with E-state index in [0.717, 1.165) is 10.1 Å². The van der Waals surface area contributed by atoms with Gasteiger partial charge in [-0.15, -0.1) is 0 Å². The highest BCUT2D eigenvalue weighted by Crippen LogP contribution is 2.20. The van der Waals surface area contributed by atoms with Gasteiger partial charge in [0.25, 0.3) is 11.5 Å². The van der Waals surface area contributed by atoms with Crippen molar-refractivity contribution in [2.45, 2.75) is 66.5 Å². The lowest BCUT2D eigenvalue weighted by Crippen LogP contribution is -2.40. The summed E-state index contributed by atoms with van der Waals surface area (Å²) in [6.07, 6.45) is 4.36. The lowest BCUT2D eigenvalue weighted by Gasteiger charge is -2.19. The van der Waals surface area contributed by atoms with E-state index >= 15 is 0 Å². The second kappa shape index (κ2) is 19.7. The molecule has 14 heteroatoms. The van der Waals surface area contributed by atoms with E-state index in [9.17, 15) is 28.4 Å². The summed E-state index contributed by atoms with van der Waals surface area (Å²) in [4.78, 5) is 61.7. The lowest BCUT2D eigenvalue weighted by molar-refractivity contribution is -0.135. The summed E-state index contributed by atoms with van der Waals surface area (Å²) in [5.41, 5.74) is 0.726. The molecule has 1 aromatic carbocycles. The van der Waals surface area contributed by atoms with Crippen molar-refractivity contribution in [2.75, 3.05) is 18.5 Å². The molecule has 5 rings (SSSR count). The zero-order valence-electron chi connectivity index (χ0n) is 27.1. The summed E-state index contributed by atoms with van der Waals surface area (Å²) in [7, 11) is 0. The summed E-state index contributed by atoms with van der Waals surface area (Å²) in [6.45, 7) is 10.4. The first-order chi connectivity index (χ1) is 22.6. The quantitative estimate of drug-likeness (QED) is 0.227. The van der Waals surface area contributed by atoms with Gasteiger partial charge in [-0.2, -0.15) is 0 Å². The highest BCUT2D eigenvalue weighted by atomic mass is 35.5. The van der Waals surface area contributed by atoms with Crippen LogP contribution >= 0.6 is 11.6 Å². The number of rotatable bonds is 8. The normalized spacial score (nSPS) is 16.2. The molecular formula is C33H41ClFN5O7. The SMILES string of the molecule is CC.CC.Cc1ccc(F)cc1.O=C(Cn1cccc(NC(=O)c2cc(Cl)on2)c1=O)NC(/C=C1\CCOC1=O)CC1CCNC1=O. The summed E-state index contributed by atoms with van der Waals surface area (Å²) in [5.74, 6) is -2.25. The highest BCUT2D eigenvalue weighted by molar-refractivity contribution is 6.29. The molecule has 0 aliphatic carbocycles. The number of ether oxygens (including phenoxy) is 1. The maximum absolute atomic E-state index is 12.8. The smallest absolute Gasteiger partial charge is 0.333 e. The van der Waals surface area contributed by atoms with Crippen LogP contribution in [-0.2, 0) is 25.7 Å². The Labute approximate surface area is 277 Å². The monoisotopic (exact) mass is 673 g/mol. The van der Waals surface area contributed by atoms with Gasteiger partial charge in [-0.1, -0.05) is 56.6 Å². The van der Waals surface area contributed by atoms with Crippen LogP contribution in [0.2, 0.25) is 5.22 Å². The van der Waals surface area contributed by atoms with Crippen LogP contribution in [0.25, 0.3) is 0 Å². The van der Waals surface area contributed by atoms with Crippen molar-refractivity contribution in [3.8, 4) is 0 Å². The van der Waals surface area contributed by atoms with Crippen molar-refractivity contribution >= 4 is 41.0 Å². The molecule has 2 fully saturated rings. The third kappa shape index (κ3) is 12.2. The van der Waals surface area contributed by atoms with Gasteiger partial charge in [-0.25, -0.2) is 9.18 Å². The Kier molecular flexibility index (Phi) is 16.1. The largest absolute Gasteiger partial charge is 0.462 e. The first-order valence-electron chi connectivity index (χ1n) is 15.4. The number of carbonyl (C=O) groups excluding carboxylic acids is 4. The number of esters is 1. The van der Waals surface area contributed by atoms with E-state index in [-0.39, 0.29) is 47.4 Å². The molecule has 3 aromatic rings. The van der Waals surface area contributed by atoms with Crippen molar-refractivity contribution in [3.63, 3.8) is 0 Å². The fourth-order valence-corrected chi connectivity index (χ4v) is 4.57. The number of carbonyl (C=O) groups is 4. The zero-order valence-corrected chi connectivity index (χ0v) is 27.9. The molecule has 2 unspecified atom stereocenters. The van der Waals surface area contributed by atoms with Crippen LogP contribution < -0.4 is 21.5 Å². The van der Waals surface area contributed by atoms with Crippen molar-refractivity contribution < 1.29 is 32.8 Å². The Morgan fingerprint density at radius 2 is 1.85 bits per heavy atom. The van der Waals surface area contributed by atoms with Crippen LogP contribution in [0.3, 0.4) is 0 Å². The number of cyclic esters (lactones) is 1. The van der Waals surface area contributed by atoms with Crippen LogP contribution in [0.4, 0.5) is 10.1 Å². The number of halogens is 2. The third-order valence-electron chi connectivity index (χ3n) is 6.62. The van der Waals surface area contributed by atoms with Crippen LogP contribution in [0.1, 0.15) is 63.0 Å². The second-order valence-electron chi connectivity index (χ2n) is 9.89. The molecule has 2 saturated heterocycles. The second-order valence-corrected chi connectivity index (χ2v) is 10.3. The van der Waals surface area contributed by atoms with Gasteiger partial charge < -0.3 is 29.8 Å². The molecule has 0 saturated carbocycles. The molecule has 0 bridgehead atoms. The number of anilines is 1. The number of hydrogen-bond donors (Lipinski definition) is 3. The Bertz CT molecular complexity index is 1570. The number of pyridine rings is 1. The average molecular weight is 674 g/mol. The average Bonchev–Trinajstić information content (AvgIpc) is 3.80. The fourth-order valence-electron chi connectivity index (χ4n) is 4.43. The topological polar surface area (TPSA) is 162 Å². The van der Waals surface area contributed by atoms with Crippen molar-refractivity contribution in [1.82, 2.24) is 20.4 Å². The van der Waals surface area contributed by atoms with Crippen LogP contribution in [0.5, 0.6) is 0 Å². The van der Waals surface area contributed by atoms with E-state index in [2.05, 4.69) is 25.6 Å². The van der Waals surface area contributed by atoms with Gasteiger partial charge in [0.05, 0.1) is 6.61 Å². The summed E-state index contributed by atoms with van der Waals surface area (Å²) < 4.78 is 22.8. The molecule has 3 amide bonds. The van der Waals surface area contributed by atoms with Gasteiger partial charge in [-0.05, 0) is 55.6 Å². The molecular weight excluding hydrogens is 633 g/mol. The number of aromatic nitrogens is 2. The first kappa shape index (κ1) is 38.4. The zero-order chi connectivity index (χ0) is 34.9. The minimum Gasteiger partial charge on any atom is -0.462 e. The highest BCUT2D eigenvalue weighted by Gasteiger charge is 2.29. The van der Waals surface area contributed by atoms with Crippen LogP contribution in [0.15, 0.2) is 69.6 Å². The van der Waals surface area contributed by atoms with E-state index in [0.29, 0.717) is 31.4 Å². The Morgan fingerprint density at radius 3 is 2.40 bits per heavy atom. The summed E-state index contributed by atoms with van der Waals surface area (Å²) in [5, 5.41) is 11.4. The molecule has 2 aliphatic heterocycles. The molecule has 2 atom stereocenters. The molecule has 2 aromatic heterocycles. The minimum absolute atomic E-state index is 0.0700. The van der Waals surface area contributed by atoms with Gasteiger partial charge >= 0.3 is 5.97 Å². The molecule has 0 radical (unpaired) electrons. The fraction of sp³-hybridized carbons (Fsp3) is 0.394. The predicted octanol–water partition coefficient (Wildman–Crippen LogP) is 4.81. The van der Waals surface area contributed by atoms with E-state index < -0.39 is 29.4 Å². The summed E-state index contributed by atoms with van der Waals surface area (Å²) in [6, 6.07) is 9.87. The Balaban J connectivity index is 0.000000547. The number of nitrogens with zero attached hydrogens (tertiary/aromatic N) is 2. The third-order valence-corrected chi connectivity index (χ3v) is 6.80. The van der Waals surface area contributed by atoms with Gasteiger partial charge in [-0.3, -0.25) is 19.2 Å². The van der Waals surface area contributed by atoms with Crippen molar-refractivity contribution in [3.05, 3.63) is 93.0 Å². The number of hydrogen-bond acceptors (Lipinski definition) is 8. The molecule has 4 heterocycles. The van der Waals surface area contributed by atoms with E-state index in [1.807, 2.05) is 34.6 Å². The predicted molar refractivity (Wildman–Crippen MR) is 175 cm³/mol. The number of amides is 3. The lowest BCUT2D eigenvalue weighted by atomic mass is 9.96. The standard InChI is InChI=1S/C22H22ClN5O7.C7H7F.2C2H6/c23-17-10-16(27-35-17)20(31)26-15-2-1-6-28(21(15)32)11-18(29)25-14(8-12-3-5-24-19(12)30)9-13-4-7-34-22(13)33;1-6-2-4-7(8)5-3-6;2*1-2/h1-2,6,9-10,12,14H,3-5,7-8,11H2,(H,24,30)(H,25,29)(H,26,31);2-5H,1H3;2*1-2H3/b13-9+;;;. The molecule has 47 heavy (non-hydrogen) atoms. The first-order valence-corrected chi connectivity index (χ1v) is 15.8. The van der Waals surface area contributed by atoms with Gasteiger partial charge in [0.2, 0.25) is 17.0 Å².